The molecule has 0 atom stereocenters. The Kier molecular flexibility index (Phi) is 6.36. The molecule has 0 saturated carbocycles. The van der Waals surface area contributed by atoms with Crippen molar-refractivity contribution in [2.24, 2.45) is 0 Å². The lowest BCUT2D eigenvalue weighted by Crippen LogP contribution is -2.28. The van der Waals surface area contributed by atoms with Crippen LogP contribution in [-0.2, 0) is 11.3 Å². The van der Waals surface area contributed by atoms with Crippen LogP contribution in [0.25, 0.3) is 0 Å². The summed E-state index contributed by atoms with van der Waals surface area (Å²) in [4.78, 5) is 36.6. The monoisotopic (exact) mass is 408 g/mol. The Morgan fingerprint density at radius 1 is 0.933 bits per heavy atom. The minimum Gasteiger partial charge on any atom is -0.326 e. The number of amides is 2. The van der Waals surface area contributed by atoms with E-state index in [9.17, 15) is 18.8 Å². The zero-order chi connectivity index (χ0) is 21.7. The van der Waals surface area contributed by atoms with Crippen molar-refractivity contribution in [3.8, 4) is 0 Å². The molecule has 0 spiro atoms. The van der Waals surface area contributed by atoms with Crippen LogP contribution in [0.1, 0.15) is 28.0 Å². The summed E-state index contributed by atoms with van der Waals surface area (Å²) in [7, 11) is 0. The fourth-order valence-corrected chi connectivity index (χ4v) is 2.71. The fourth-order valence-electron chi connectivity index (χ4n) is 2.71. The van der Waals surface area contributed by atoms with E-state index >= 15 is 0 Å². The number of halogens is 1. The van der Waals surface area contributed by atoms with Crippen LogP contribution in [0.4, 0.5) is 15.8 Å². The number of nitrogens with zero attached hydrogens (tertiary/aromatic N) is 2. The molecular weight excluding hydrogens is 387 g/mol. The average Bonchev–Trinajstić information content (AvgIpc) is 2.72. The predicted molar refractivity (Wildman–Crippen MR) is 112 cm³/mol. The van der Waals surface area contributed by atoms with Crippen LogP contribution in [0.3, 0.4) is 0 Å². The summed E-state index contributed by atoms with van der Waals surface area (Å²) < 4.78 is 14.0. The highest BCUT2D eigenvalue weighted by Crippen LogP contribution is 2.15. The van der Waals surface area contributed by atoms with Gasteiger partial charge in [0.15, 0.2) is 0 Å². The normalized spacial score (nSPS) is 10.5. The van der Waals surface area contributed by atoms with Gasteiger partial charge in [-0.2, -0.15) is 5.10 Å². The highest BCUT2D eigenvalue weighted by molar-refractivity contribution is 6.02. The Hall–Kier alpha value is -3.81. The summed E-state index contributed by atoms with van der Waals surface area (Å²) in [5.41, 5.74) is 2.86. The molecule has 0 aliphatic heterocycles. The van der Waals surface area contributed by atoms with Gasteiger partial charge in [-0.15, -0.1) is 0 Å². The van der Waals surface area contributed by atoms with Crippen LogP contribution in [0, 0.1) is 19.7 Å². The van der Waals surface area contributed by atoms with E-state index < -0.39 is 17.3 Å². The molecule has 1 aromatic heterocycles. The van der Waals surface area contributed by atoms with Crippen LogP contribution in [0.15, 0.2) is 59.4 Å². The van der Waals surface area contributed by atoms with Crippen LogP contribution < -0.4 is 16.2 Å². The molecule has 30 heavy (non-hydrogen) atoms. The van der Waals surface area contributed by atoms with Gasteiger partial charge in [0, 0.05) is 23.9 Å². The van der Waals surface area contributed by atoms with Crippen LogP contribution in [0.2, 0.25) is 0 Å². The second-order valence-corrected chi connectivity index (χ2v) is 6.84. The quantitative estimate of drug-likeness (QED) is 0.655. The van der Waals surface area contributed by atoms with Crippen LogP contribution in [-0.4, -0.2) is 21.6 Å². The lowest BCUT2D eigenvalue weighted by Gasteiger charge is -2.09. The second kappa shape index (κ2) is 9.13. The molecule has 3 rings (SSSR count). The third-order valence-electron chi connectivity index (χ3n) is 4.54. The van der Waals surface area contributed by atoms with E-state index in [-0.39, 0.29) is 24.6 Å². The van der Waals surface area contributed by atoms with Crippen molar-refractivity contribution in [1.29, 1.82) is 0 Å². The van der Waals surface area contributed by atoms with Gasteiger partial charge in [-0.25, -0.2) is 9.07 Å². The lowest BCUT2D eigenvalue weighted by molar-refractivity contribution is -0.116. The van der Waals surface area contributed by atoms with E-state index in [1.165, 1.54) is 36.4 Å². The first-order valence-corrected chi connectivity index (χ1v) is 9.34. The molecular formula is C22H21FN4O3. The largest absolute Gasteiger partial charge is 0.326 e. The maximum absolute atomic E-state index is 12.9. The van der Waals surface area contributed by atoms with E-state index in [1.54, 1.807) is 6.07 Å². The molecule has 0 aliphatic carbocycles. The summed E-state index contributed by atoms with van der Waals surface area (Å²) in [6, 6.07) is 13.5. The molecule has 2 amide bonds. The Labute approximate surface area is 172 Å². The van der Waals surface area contributed by atoms with Gasteiger partial charge in [-0.1, -0.05) is 6.07 Å². The molecule has 3 aromatic rings. The topological polar surface area (TPSA) is 93.1 Å². The molecule has 154 valence electrons. The molecule has 2 aromatic carbocycles. The molecule has 2 N–H and O–H groups in total. The van der Waals surface area contributed by atoms with Crippen LogP contribution in [0.5, 0.6) is 0 Å². The summed E-state index contributed by atoms with van der Waals surface area (Å²) in [5, 5.41) is 9.42. The molecule has 0 saturated heterocycles. The number of rotatable bonds is 6. The molecule has 7 nitrogen and oxygen atoms in total. The zero-order valence-electron chi connectivity index (χ0n) is 16.6. The van der Waals surface area contributed by atoms with Gasteiger partial charge in [-0.3, -0.25) is 14.4 Å². The van der Waals surface area contributed by atoms with Crippen molar-refractivity contribution in [3.63, 3.8) is 0 Å². The number of benzene rings is 2. The van der Waals surface area contributed by atoms with E-state index in [2.05, 4.69) is 15.7 Å². The SMILES string of the molecule is Cc1ccc(NC(=O)c2ccc(=O)n(CCC(=O)Nc3ccc(F)cc3)n2)cc1C. The van der Waals surface area contributed by atoms with Crippen molar-refractivity contribution in [2.45, 2.75) is 26.8 Å². The minimum atomic E-state index is -0.456. The van der Waals surface area contributed by atoms with E-state index in [0.29, 0.717) is 11.4 Å². The molecule has 0 unspecified atom stereocenters. The van der Waals surface area contributed by atoms with Gasteiger partial charge in [0.05, 0.1) is 6.54 Å². The number of nitrogens with one attached hydrogen (secondary N) is 2. The van der Waals surface area contributed by atoms with Gasteiger partial charge < -0.3 is 10.6 Å². The first-order chi connectivity index (χ1) is 14.3. The van der Waals surface area contributed by atoms with Gasteiger partial charge >= 0.3 is 0 Å². The van der Waals surface area contributed by atoms with E-state index in [0.717, 1.165) is 15.8 Å². The molecule has 0 aliphatic rings. The van der Waals surface area contributed by atoms with Crippen molar-refractivity contribution in [3.05, 3.63) is 87.6 Å². The standard InChI is InChI=1S/C22H21FN4O3/c1-14-3-6-18(13-15(14)2)25-22(30)19-9-10-21(29)27(26-19)12-11-20(28)24-17-7-4-16(23)5-8-17/h3-10,13H,11-12H2,1-2H3,(H,24,28)(H,25,30). The molecule has 8 heteroatoms. The number of anilines is 2. The third kappa shape index (κ3) is 5.38. The van der Waals surface area contributed by atoms with Crippen LogP contribution >= 0.6 is 0 Å². The first kappa shape index (κ1) is 20.9. The summed E-state index contributed by atoms with van der Waals surface area (Å²) in [6.45, 7) is 3.92. The number of aromatic nitrogens is 2. The van der Waals surface area contributed by atoms with E-state index in [1.807, 2.05) is 26.0 Å². The molecule has 0 bridgehead atoms. The third-order valence-corrected chi connectivity index (χ3v) is 4.54. The smallest absolute Gasteiger partial charge is 0.276 e. The fraction of sp³-hybridized carbons (Fsp3) is 0.182. The summed E-state index contributed by atoms with van der Waals surface area (Å²) >= 11 is 0. The maximum atomic E-state index is 12.9. The average molecular weight is 408 g/mol. The van der Waals surface area contributed by atoms with Gasteiger partial charge in [-0.05, 0) is 67.4 Å². The van der Waals surface area contributed by atoms with Gasteiger partial charge in [0.25, 0.3) is 11.5 Å². The predicted octanol–water partition coefficient (Wildman–Crippen LogP) is 3.28. The number of hydrogen-bond acceptors (Lipinski definition) is 4. The summed E-state index contributed by atoms with van der Waals surface area (Å²) in [5.74, 6) is -1.22. The van der Waals surface area contributed by atoms with E-state index in [4.69, 9.17) is 0 Å². The molecule has 0 radical (unpaired) electrons. The van der Waals surface area contributed by atoms with Crippen molar-refractivity contribution in [1.82, 2.24) is 9.78 Å². The number of carbonyl (C=O) groups excluding carboxylic acids is 2. The zero-order valence-corrected chi connectivity index (χ0v) is 16.6. The highest BCUT2D eigenvalue weighted by Gasteiger charge is 2.12. The summed E-state index contributed by atoms with van der Waals surface area (Å²) in [6.07, 6.45) is -0.0352. The van der Waals surface area contributed by atoms with Crippen molar-refractivity contribution < 1.29 is 14.0 Å². The number of aryl methyl sites for hydroxylation is 3. The van der Waals surface area contributed by atoms with Crippen molar-refractivity contribution >= 4 is 23.2 Å². The minimum absolute atomic E-state index is 0.00335. The Morgan fingerprint density at radius 2 is 1.63 bits per heavy atom. The van der Waals surface area contributed by atoms with Crippen molar-refractivity contribution in [2.75, 3.05) is 10.6 Å². The Morgan fingerprint density at radius 3 is 2.33 bits per heavy atom. The van der Waals surface area contributed by atoms with Gasteiger partial charge in [0.1, 0.15) is 11.5 Å². The number of hydrogen-bond donors (Lipinski definition) is 2. The lowest BCUT2D eigenvalue weighted by atomic mass is 10.1. The first-order valence-electron chi connectivity index (χ1n) is 9.34. The highest BCUT2D eigenvalue weighted by atomic mass is 19.1. The molecule has 1 heterocycles. The molecule has 0 fully saturated rings. The second-order valence-electron chi connectivity index (χ2n) is 6.84. The Bertz CT molecular complexity index is 1140. The number of carbonyl (C=O) groups is 2. The van der Waals surface area contributed by atoms with Gasteiger partial charge in [0.2, 0.25) is 5.91 Å². The Balaban J connectivity index is 1.64. The maximum Gasteiger partial charge on any atom is 0.276 e.